The van der Waals surface area contributed by atoms with Gasteiger partial charge in [-0.2, -0.15) is 0 Å². The van der Waals surface area contributed by atoms with Crippen LogP contribution in [-0.2, 0) is 0 Å². The average Bonchev–Trinajstić information content (AvgIpc) is 2.34. The Kier molecular flexibility index (Phi) is 6.62. The number of anilines is 1. The van der Waals surface area contributed by atoms with E-state index in [4.69, 9.17) is 11.6 Å². The number of aromatic nitrogens is 2. The van der Waals surface area contributed by atoms with Crippen molar-refractivity contribution >= 4 is 29.2 Å². The Bertz CT molecular complexity index is 344. The molecule has 0 aliphatic rings. The number of nitrogens with one attached hydrogen (secondary N) is 1. The van der Waals surface area contributed by atoms with Crippen LogP contribution in [0, 0.1) is 0 Å². The van der Waals surface area contributed by atoms with Crippen molar-refractivity contribution in [1.29, 1.82) is 0 Å². The van der Waals surface area contributed by atoms with Crippen molar-refractivity contribution in [3.05, 3.63) is 11.2 Å². The normalized spacial score (nSPS) is 10.9. The van der Waals surface area contributed by atoms with Crippen LogP contribution in [0.4, 0.5) is 5.82 Å². The third kappa shape index (κ3) is 5.10. The first-order chi connectivity index (χ1) is 8.19. The van der Waals surface area contributed by atoms with E-state index in [1.807, 2.05) is 6.26 Å². The second-order valence-electron chi connectivity index (χ2n) is 3.52. The van der Waals surface area contributed by atoms with E-state index in [9.17, 15) is 0 Å². The van der Waals surface area contributed by atoms with Crippen LogP contribution >= 0.6 is 23.4 Å². The molecule has 0 saturated heterocycles. The lowest BCUT2D eigenvalue weighted by atomic mass is 10.4. The van der Waals surface area contributed by atoms with Crippen LogP contribution in [0.1, 0.15) is 13.8 Å². The largest absolute Gasteiger partial charge is 0.369 e. The van der Waals surface area contributed by atoms with Gasteiger partial charge in [-0.25, -0.2) is 9.97 Å². The SMILES string of the molecule is CCN(CC)CCNc1cc(Cl)nc(SC)n1. The van der Waals surface area contributed by atoms with Gasteiger partial charge in [-0.3, -0.25) is 0 Å². The van der Waals surface area contributed by atoms with E-state index in [0.717, 1.165) is 32.0 Å². The zero-order valence-electron chi connectivity index (χ0n) is 10.5. The van der Waals surface area contributed by atoms with Gasteiger partial charge in [-0.1, -0.05) is 37.2 Å². The van der Waals surface area contributed by atoms with Crippen molar-refractivity contribution in [3.8, 4) is 0 Å². The molecule has 0 aliphatic carbocycles. The number of thioether (sulfide) groups is 1. The maximum atomic E-state index is 5.91. The summed E-state index contributed by atoms with van der Waals surface area (Å²) in [4.78, 5) is 10.8. The summed E-state index contributed by atoms with van der Waals surface area (Å²) in [7, 11) is 0. The number of likely N-dealkylation sites (N-methyl/N-ethyl adjacent to an activating group) is 1. The van der Waals surface area contributed by atoms with E-state index in [1.165, 1.54) is 11.8 Å². The van der Waals surface area contributed by atoms with E-state index < -0.39 is 0 Å². The standard InChI is InChI=1S/C11H19ClN4S/c1-4-16(5-2)7-6-13-10-8-9(12)14-11(15-10)17-3/h8H,4-7H2,1-3H3,(H,13,14,15). The van der Waals surface area contributed by atoms with Gasteiger partial charge in [-0.05, 0) is 19.3 Å². The smallest absolute Gasteiger partial charge is 0.190 e. The molecule has 0 saturated carbocycles. The van der Waals surface area contributed by atoms with Gasteiger partial charge < -0.3 is 10.2 Å². The highest BCUT2D eigenvalue weighted by atomic mass is 35.5. The van der Waals surface area contributed by atoms with Crippen LogP contribution in [0.5, 0.6) is 0 Å². The molecule has 0 unspecified atom stereocenters. The highest BCUT2D eigenvalue weighted by Crippen LogP contribution is 2.16. The molecule has 1 N–H and O–H groups in total. The summed E-state index contributed by atoms with van der Waals surface area (Å²) >= 11 is 7.40. The van der Waals surface area contributed by atoms with Gasteiger partial charge in [0.1, 0.15) is 11.0 Å². The monoisotopic (exact) mass is 274 g/mol. The van der Waals surface area contributed by atoms with Crippen LogP contribution in [0.25, 0.3) is 0 Å². The first-order valence-corrected chi connectivity index (χ1v) is 7.34. The molecule has 1 rings (SSSR count). The Hall–Kier alpha value is -0.520. The van der Waals surface area contributed by atoms with Crippen LogP contribution < -0.4 is 5.32 Å². The summed E-state index contributed by atoms with van der Waals surface area (Å²) in [6, 6.07) is 1.75. The topological polar surface area (TPSA) is 41.0 Å². The van der Waals surface area contributed by atoms with E-state index in [-0.39, 0.29) is 0 Å². The Labute approximate surface area is 112 Å². The Morgan fingerprint density at radius 3 is 2.65 bits per heavy atom. The molecule has 0 aliphatic heterocycles. The molecule has 17 heavy (non-hydrogen) atoms. The minimum atomic E-state index is 0.481. The number of halogens is 1. The fraction of sp³-hybridized carbons (Fsp3) is 0.636. The fourth-order valence-corrected chi connectivity index (χ4v) is 2.07. The lowest BCUT2D eigenvalue weighted by Gasteiger charge is -2.18. The Morgan fingerprint density at radius 1 is 1.35 bits per heavy atom. The van der Waals surface area contributed by atoms with Gasteiger partial charge in [0, 0.05) is 19.2 Å². The highest BCUT2D eigenvalue weighted by molar-refractivity contribution is 7.98. The molecule has 96 valence electrons. The molecule has 6 heteroatoms. The first kappa shape index (κ1) is 14.5. The third-order valence-electron chi connectivity index (χ3n) is 2.49. The van der Waals surface area contributed by atoms with Gasteiger partial charge in [-0.15, -0.1) is 0 Å². The predicted molar refractivity (Wildman–Crippen MR) is 75.1 cm³/mol. The lowest BCUT2D eigenvalue weighted by Crippen LogP contribution is -2.28. The number of rotatable bonds is 7. The Morgan fingerprint density at radius 2 is 2.06 bits per heavy atom. The van der Waals surface area contributed by atoms with Gasteiger partial charge >= 0.3 is 0 Å². The average molecular weight is 275 g/mol. The predicted octanol–water partition coefficient (Wildman–Crippen LogP) is 2.61. The van der Waals surface area contributed by atoms with E-state index >= 15 is 0 Å². The van der Waals surface area contributed by atoms with Crippen molar-refractivity contribution in [2.24, 2.45) is 0 Å². The summed E-state index contributed by atoms with van der Waals surface area (Å²) < 4.78 is 0. The number of nitrogens with zero attached hydrogens (tertiary/aromatic N) is 3. The van der Waals surface area contributed by atoms with Crippen molar-refractivity contribution in [2.75, 3.05) is 37.8 Å². The van der Waals surface area contributed by atoms with E-state index in [0.29, 0.717) is 10.3 Å². The third-order valence-corrected chi connectivity index (χ3v) is 3.23. The molecule has 0 spiro atoms. The summed E-state index contributed by atoms with van der Waals surface area (Å²) in [6.07, 6.45) is 1.94. The molecule has 0 fully saturated rings. The van der Waals surface area contributed by atoms with Crippen LogP contribution in [0.2, 0.25) is 5.15 Å². The Balaban J connectivity index is 2.48. The van der Waals surface area contributed by atoms with Crippen molar-refractivity contribution in [3.63, 3.8) is 0 Å². The summed E-state index contributed by atoms with van der Waals surface area (Å²) in [5, 5.41) is 4.45. The molecular weight excluding hydrogens is 256 g/mol. The minimum Gasteiger partial charge on any atom is -0.369 e. The lowest BCUT2D eigenvalue weighted by molar-refractivity contribution is 0.316. The number of hydrogen-bond acceptors (Lipinski definition) is 5. The van der Waals surface area contributed by atoms with Gasteiger partial charge in [0.25, 0.3) is 0 Å². The molecule has 0 radical (unpaired) electrons. The molecule has 0 aromatic carbocycles. The fourth-order valence-electron chi connectivity index (χ4n) is 1.46. The maximum absolute atomic E-state index is 5.91. The van der Waals surface area contributed by atoms with Crippen molar-refractivity contribution < 1.29 is 0 Å². The molecule has 0 bridgehead atoms. The zero-order chi connectivity index (χ0) is 12.7. The molecule has 1 aromatic heterocycles. The molecule has 0 amide bonds. The van der Waals surface area contributed by atoms with Crippen molar-refractivity contribution in [2.45, 2.75) is 19.0 Å². The molecule has 4 nitrogen and oxygen atoms in total. The van der Waals surface area contributed by atoms with Crippen LogP contribution in [-0.4, -0.2) is 47.3 Å². The molecule has 1 heterocycles. The van der Waals surface area contributed by atoms with Crippen LogP contribution in [0.3, 0.4) is 0 Å². The molecule has 1 aromatic rings. The maximum Gasteiger partial charge on any atom is 0.190 e. The second-order valence-corrected chi connectivity index (χ2v) is 4.68. The van der Waals surface area contributed by atoms with Gasteiger partial charge in [0.05, 0.1) is 0 Å². The molecule has 0 atom stereocenters. The highest BCUT2D eigenvalue weighted by Gasteiger charge is 2.03. The summed E-state index contributed by atoms with van der Waals surface area (Å²) in [5.41, 5.74) is 0. The van der Waals surface area contributed by atoms with E-state index in [2.05, 4.69) is 34.0 Å². The summed E-state index contributed by atoms with van der Waals surface area (Å²) in [5.74, 6) is 0.793. The van der Waals surface area contributed by atoms with E-state index in [1.54, 1.807) is 6.07 Å². The molecular formula is C11H19ClN4S. The summed E-state index contributed by atoms with van der Waals surface area (Å²) in [6.45, 7) is 8.33. The van der Waals surface area contributed by atoms with Gasteiger partial charge in [0.2, 0.25) is 0 Å². The quantitative estimate of drug-likeness (QED) is 0.470. The first-order valence-electron chi connectivity index (χ1n) is 5.74. The van der Waals surface area contributed by atoms with Gasteiger partial charge in [0.15, 0.2) is 5.16 Å². The number of hydrogen-bond donors (Lipinski definition) is 1. The van der Waals surface area contributed by atoms with Crippen LogP contribution in [0.15, 0.2) is 11.2 Å². The second kappa shape index (κ2) is 7.74. The zero-order valence-corrected chi connectivity index (χ0v) is 12.1. The minimum absolute atomic E-state index is 0.481. The van der Waals surface area contributed by atoms with Crippen molar-refractivity contribution in [1.82, 2.24) is 14.9 Å².